The molecule has 6 nitrogen and oxygen atoms in total. The van der Waals surface area contributed by atoms with Crippen molar-refractivity contribution in [2.75, 3.05) is 11.1 Å². The molecule has 0 bridgehead atoms. The molecule has 2 heterocycles. The van der Waals surface area contributed by atoms with E-state index < -0.39 is 5.97 Å². The number of nitrogen functional groups attached to an aromatic ring is 1. The van der Waals surface area contributed by atoms with Crippen molar-refractivity contribution in [3.8, 4) is 0 Å². The number of hydrogen-bond acceptors (Lipinski definition) is 4. The van der Waals surface area contributed by atoms with Crippen molar-refractivity contribution in [1.82, 2.24) is 9.78 Å². The number of hydrogen-bond donors (Lipinski definition) is 3. The van der Waals surface area contributed by atoms with Gasteiger partial charge in [0.2, 0.25) is 0 Å². The first-order valence-electron chi connectivity index (χ1n) is 4.15. The minimum Gasteiger partial charge on any atom is -0.477 e. The Balaban J connectivity index is 2.58. The summed E-state index contributed by atoms with van der Waals surface area (Å²) < 4.78 is 1.43. The van der Waals surface area contributed by atoms with Crippen LogP contribution in [0.1, 0.15) is 17.3 Å². The summed E-state index contributed by atoms with van der Waals surface area (Å²) in [6, 6.07) is 0.0803. The zero-order valence-electron chi connectivity index (χ0n) is 7.56. The lowest BCUT2D eigenvalue weighted by Crippen LogP contribution is -2.20. The Hall–Kier alpha value is -1.98. The van der Waals surface area contributed by atoms with E-state index in [4.69, 9.17) is 10.8 Å². The number of carboxylic acids is 1. The number of carbonyl (C=O) groups is 1. The van der Waals surface area contributed by atoms with Gasteiger partial charge in [0.25, 0.3) is 0 Å². The van der Waals surface area contributed by atoms with E-state index in [1.807, 2.05) is 13.0 Å². The number of nitrogens with two attached hydrogens (primary N) is 1. The molecule has 14 heavy (non-hydrogen) atoms. The Morgan fingerprint density at radius 3 is 3.14 bits per heavy atom. The number of nitrogens with zero attached hydrogens (tertiary/aromatic N) is 2. The standard InChI is InChI=1S/C8H10N4O2/c1-4-2-3-12-7(10-4)5(8(13)14)6(9)11-12/h2-4,10H,1H3,(H2,9,11)(H,13,14). The lowest BCUT2D eigenvalue weighted by Gasteiger charge is -2.16. The quantitative estimate of drug-likeness (QED) is 0.603. The summed E-state index contributed by atoms with van der Waals surface area (Å²) in [6.45, 7) is 1.91. The molecule has 1 aliphatic heterocycles. The number of aromatic carboxylic acids is 1. The molecule has 1 unspecified atom stereocenters. The number of nitrogens with one attached hydrogen (secondary N) is 1. The molecule has 0 saturated carbocycles. The second-order valence-corrected chi connectivity index (χ2v) is 3.13. The van der Waals surface area contributed by atoms with Crippen molar-refractivity contribution < 1.29 is 9.90 Å². The molecule has 74 valence electrons. The van der Waals surface area contributed by atoms with Crippen molar-refractivity contribution in [2.24, 2.45) is 0 Å². The summed E-state index contributed by atoms with van der Waals surface area (Å²) in [6.07, 6.45) is 3.56. The Morgan fingerprint density at radius 1 is 1.79 bits per heavy atom. The van der Waals surface area contributed by atoms with Crippen molar-refractivity contribution in [2.45, 2.75) is 13.0 Å². The van der Waals surface area contributed by atoms with E-state index in [9.17, 15) is 4.79 Å². The van der Waals surface area contributed by atoms with Gasteiger partial charge in [-0.1, -0.05) is 0 Å². The molecule has 1 aliphatic rings. The SMILES string of the molecule is CC1C=Cn2nc(N)c(C(=O)O)c2N1. The van der Waals surface area contributed by atoms with E-state index in [0.717, 1.165) is 0 Å². The molecule has 4 N–H and O–H groups in total. The van der Waals surface area contributed by atoms with Crippen LogP contribution in [0.5, 0.6) is 0 Å². The molecule has 0 aromatic carbocycles. The first kappa shape index (κ1) is 8.61. The second-order valence-electron chi connectivity index (χ2n) is 3.13. The van der Waals surface area contributed by atoms with Crippen LogP contribution in [0, 0.1) is 0 Å². The maximum atomic E-state index is 10.9. The van der Waals surface area contributed by atoms with Crippen molar-refractivity contribution in [3.63, 3.8) is 0 Å². The largest absolute Gasteiger partial charge is 0.477 e. The first-order valence-corrected chi connectivity index (χ1v) is 4.15. The van der Waals surface area contributed by atoms with Gasteiger partial charge in [-0.25, -0.2) is 9.48 Å². The third-order valence-electron chi connectivity index (χ3n) is 2.03. The molecule has 0 fully saturated rings. The van der Waals surface area contributed by atoms with Gasteiger partial charge in [-0.2, -0.15) is 0 Å². The van der Waals surface area contributed by atoms with Crippen molar-refractivity contribution in [1.29, 1.82) is 0 Å². The maximum absolute atomic E-state index is 10.9. The van der Waals surface area contributed by atoms with Crippen LogP contribution in [-0.2, 0) is 0 Å². The van der Waals surface area contributed by atoms with Gasteiger partial charge in [0.1, 0.15) is 11.4 Å². The molecule has 0 spiro atoms. The number of fused-ring (bicyclic) bond motifs is 1. The van der Waals surface area contributed by atoms with Crippen LogP contribution in [0.2, 0.25) is 0 Å². The van der Waals surface area contributed by atoms with Gasteiger partial charge in [0, 0.05) is 12.2 Å². The minimum atomic E-state index is -1.07. The molecule has 0 amide bonds. The Morgan fingerprint density at radius 2 is 2.50 bits per heavy atom. The summed E-state index contributed by atoms with van der Waals surface area (Å²) in [5, 5.41) is 15.8. The molecule has 2 rings (SSSR count). The number of anilines is 2. The highest BCUT2D eigenvalue weighted by molar-refractivity contribution is 5.99. The minimum absolute atomic E-state index is 0.0266. The summed E-state index contributed by atoms with van der Waals surface area (Å²) >= 11 is 0. The normalized spacial score (nSPS) is 18.8. The molecule has 6 heteroatoms. The molecule has 1 atom stereocenters. The molecule has 0 saturated heterocycles. The molecular weight excluding hydrogens is 184 g/mol. The number of carboxylic acid groups (broad SMARTS) is 1. The molecule has 1 aromatic heterocycles. The smallest absolute Gasteiger partial charge is 0.343 e. The van der Waals surface area contributed by atoms with Crippen LogP contribution < -0.4 is 11.1 Å². The van der Waals surface area contributed by atoms with Gasteiger partial charge in [0.15, 0.2) is 5.82 Å². The zero-order chi connectivity index (χ0) is 10.3. The fourth-order valence-electron chi connectivity index (χ4n) is 1.38. The molecule has 1 aromatic rings. The van der Waals surface area contributed by atoms with E-state index in [1.54, 1.807) is 6.20 Å². The monoisotopic (exact) mass is 194 g/mol. The van der Waals surface area contributed by atoms with Crippen molar-refractivity contribution >= 4 is 23.8 Å². The van der Waals surface area contributed by atoms with E-state index in [1.165, 1.54) is 4.68 Å². The van der Waals surface area contributed by atoms with Gasteiger partial charge in [-0.05, 0) is 13.0 Å². The van der Waals surface area contributed by atoms with Crippen LogP contribution in [0.3, 0.4) is 0 Å². The van der Waals surface area contributed by atoms with E-state index in [0.29, 0.717) is 5.82 Å². The second kappa shape index (κ2) is 2.76. The zero-order valence-corrected chi connectivity index (χ0v) is 7.56. The average molecular weight is 194 g/mol. The molecular formula is C8H10N4O2. The van der Waals surface area contributed by atoms with Gasteiger partial charge >= 0.3 is 5.97 Å². The Labute approximate surface area is 80.0 Å². The summed E-state index contributed by atoms with van der Waals surface area (Å²) in [5.41, 5.74) is 5.51. The maximum Gasteiger partial charge on any atom is 0.343 e. The van der Waals surface area contributed by atoms with Gasteiger partial charge in [-0.3, -0.25) is 0 Å². The fraction of sp³-hybridized carbons (Fsp3) is 0.250. The molecule has 0 aliphatic carbocycles. The lowest BCUT2D eigenvalue weighted by molar-refractivity contribution is 0.0699. The van der Waals surface area contributed by atoms with Crippen LogP contribution in [0.4, 0.5) is 11.6 Å². The molecule has 0 radical (unpaired) electrons. The predicted octanol–water partition coefficient (Wildman–Crippen LogP) is 0.448. The lowest BCUT2D eigenvalue weighted by atomic mass is 10.2. The number of aromatic nitrogens is 2. The van der Waals surface area contributed by atoms with Crippen LogP contribution in [0.25, 0.3) is 6.20 Å². The van der Waals surface area contributed by atoms with E-state index in [-0.39, 0.29) is 17.4 Å². The highest BCUT2D eigenvalue weighted by Crippen LogP contribution is 2.25. The van der Waals surface area contributed by atoms with Gasteiger partial charge in [0.05, 0.1) is 0 Å². The summed E-state index contributed by atoms with van der Waals surface area (Å²) in [4.78, 5) is 10.9. The highest BCUT2D eigenvalue weighted by Gasteiger charge is 2.23. The number of rotatable bonds is 1. The topological polar surface area (TPSA) is 93.2 Å². The fourth-order valence-corrected chi connectivity index (χ4v) is 1.38. The van der Waals surface area contributed by atoms with Crippen LogP contribution >= 0.6 is 0 Å². The van der Waals surface area contributed by atoms with E-state index >= 15 is 0 Å². The Kier molecular flexibility index (Phi) is 1.70. The average Bonchev–Trinajstić information content (AvgIpc) is 2.40. The van der Waals surface area contributed by atoms with Gasteiger partial charge in [-0.15, -0.1) is 5.10 Å². The Bertz CT molecular complexity index is 421. The van der Waals surface area contributed by atoms with Crippen LogP contribution in [-0.4, -0.2) is 26.9 Å². The van der Waals surface area contributed by atoms with E-state index in [2.05, 4.69) is 10.4 Å². The summed E-state index contributed by atoms with van der Waals surface area (Å²) in [5.74, 6) is -0.609. The third-order valence-corrected chi connectivity index (χ3v) is 2.03. The highest BCUT2D eigenvalue weighted by atomic mass is 16.4. The summed E-state index contributed by atoms with van der Waals surface area (Å²) in [7, 11) is 0. The van der Waals surface area contributed by atoms with Crippen molar-refractivity contribution in [3.05, 3.63) is 11.6 Å². The third kappa shape index (κ3) is 1.12. The predicted molar refractivity (Wildman–Crippen MR) is 52.0 cm³/mol. The van der Waals surface area contributed by atoms with Gasteiger partial charge < -0.3 is 16.2 Å². The van der Waals surface area contributed by atoms with Crippen LogP contribution in [0.15, 0.2) is 6.08 Å². The first-order chi connectivity index (χ1) is 6.59.